The second-order valence-corrected chi connectivity index (χ2v) is 9.97. The molecule has 1 unspecified atom stereocenters. The van der Waals surface area contributed by atoms with Crippen LogP contribution in [0.3, 0.4) is 0 Å². The number of aromatic nitrogens is 1. The van der Waals surface area contributed by atoms with Crippen molar-refractivity contribution in [2.45, 2.75) is 5.60 Å². The number of hydrogen-bond donors (Lipinski definition) is 2. The van der Waals surface area contributed by atoms with Crippen molar-refractivity contribution in [3.8, 4) is 11.1 Å². The van der Waals surface area contributed by atoms with Gasteiger partial charge in [0.15, 0.2) is 5.60 Å². The third kappa shape index (κ3) is 4.94. The minimum Gasteiger partial charge on any atom is -0.403 e. The van der Waals surface area contributed by atoms with Gasteiger partial charge in [-0.15, -0.1) is 0 Å². The van der Waals surface area contributed by atoms with Crippen molar-refractivity contribution in [3.05, 3.63) is 130 Å². The third-order valence-corrected chi connectivity index (χ3v) is 7.17. The molecule has 200 valence electrons. The highest BCUT2D eigenvalue weighted by Gasteiger charge is 2.38. The van der Waals surface area contributed by atoms with Crippen molar-refractivity contribution in [1.29, 1.82) is 0 Å². The number of amides is 1. The quantitative estimate of drug-likeness (QED) is 0.354. The zero-order chi connectivity index (χ0) is 28.5. The van der Waals surface area contributed by atoms with E-state index in [2.05, 4.69) is 6.58 Å². The van der Waals surface area contributed by atoms with Crippen molar-refractivity contribution in [2.75, 3.05) is 21.1 Å². The Morgan fingerprint density at radius 3 is 2.28 bits per heavy atom. The Balaban J connectivity index is 2.03. The predicted molar refractivity (Wildman–Crippen MR) is 157 cm³/mol. The molecule has 4 aromatic rings. The standard InChI is InChI=1S/C31H31ClN4O3/c1-6-35(4)28(19-33)31(39,22-12-10-20(11-13-22)30(38)34(2)3)23-14-15-27-26(17-23)25(18-29(37)36(27)5)21-8-7-9-24(32)16-21/h6-19,39H,1,33H2,2-5H3/b28-19-. The molecule has 0 aliphatic rings. The van der Waals surface area contributed by atoms with E-state index < -0.39 is 5.60 Å². The van der Waals surface area contributed by atoms with Crippen LogP contribution in [0.15, 0.2) is 102 Å². The van der Waals surface area contributed by atoms with E-state index in [4.69, 9.17) is 17.3 Å². The summed E-state index contributed by atoms with van der Waals surface area (Å²) in [5.41, 5.74) is 8.18. The number of benzene rings is 3. The van der Waals surface area contributed by atoms with Crippen LogP contribution >= 0.6 is 11.6 Å². The summed E-state index contributed by atoms with van der Waals surface area (Å²) in [5.74, 6) is -0.152. The summed E-state index contributed by atoms with van der Waals surface area (Å²) in [6.07, 6.45) is 2.89. The van der Waals surface area contributed by atoms with Gasteiger partial charge in [-0.05, 0) is 64.9 Å². The van der Waals surface area contributed by atoms with Crippen molar-refractivity contribution < 1.29 is 9.90 Å². The number of halogens is 1. The molecule has 0 saturated heterocycles. The molecule has 1 amide bonds. The molecule has 0 spiro atoms. The van der Waals surface area contributed by atoms with Crippen LogP contribution in [0.2, 0.25) is 5.02 Å². The molecule has 0 saturated carbocycles. The maximum atomic E-state index is 12.8. The van der Waals surface area contributed by atoms with Crippen molar-refractivity contribution in [1.82, 2.24) is 14.4 Å². The van der Waals surface area contributed by atoms with Crippen molar-refractivity contribution in [3.63, 3.8) is 0 Å². The maximum Gasteiger partial charge on any atom is 0.253 e. The lowest BCUT2D eigenvalue weighted by molar-refractivity contribution is 0.0825. The fraction of sp³-hybridized carbons (Fsp3) is 0.161. The van der Waals surface area contributed by atoms with Gasteiger partial charge in [0.05, 0.1) is 11.2 Å². The number of carbonyl (C=O) groups excluding carboxylic acids is 1. The number of nitrogens with two attached hydrogens (primary N) is 1. The fourth-order valence-corrected chi connectivity index (χ4v) is 4.94. The number of aryl methyl sites for hydroxylation is 1. The molecular formula is C31H31ClN4O3. The largest absolute Gasteiger partial charge is 0.403 e. The molecule has 0 aliphatic carbocycles. The van der Waals surface area contributed by atoms with Gasteiger partial charge < -0.3 is 25.2 Å². The first-order valence-corrected chi connectivity index (χ1v) is 12.6. The summed E-state index contributed by atoms with van der Waals surface area (Å²) in [7, 11) is 6.81. The number of nitrogens with zero attached hydrogens (tertiary/aromatic N) is 3. The average molecular weight is 543 g/mol. The average Bonchev–Trinajstić information content (AvgIpc) is 2.94. The van der Waals surface area contributed by atoms with E-state index >= 15 is 0 Å². The highest BCUT2D eigenvalue weighted by Crippen LogP contribution is 2.40. The number of pyridine rings is 1. The number of rotatable bonds is 7. The van der Waals surface area contributed by atoms with E-state index in [9.17, 15) is 14.7 Å². The van der Waals surface area contributed by atoms with Crippen LogP contribution in [0.5, 0.6) is 0 Å². The number of carbonyl (C=O) groups is 1. The van der Waals surface area contributed by atoms with Gasteiger partial charge >= 0.3 is 0 Å². The van der Waals surface area contributed by atoms with Crippen LogP contribution in [0.25, 0.3) is 22.0 Å². The van der Waals surface area contributed by atoms with Gasteiger partial charge in [0, 0.05) is 56.4 Å². The van der Waals surface area contributed by atoms with Crippen LogP contribution in [-0.2, 0) is 12.6 Å². The van der Waals surface area contributed by atoms with Gasteiger partial charge in [-0.2, -0.15) is 0 Å². The summed E-state index contributed by atoms with van der Waals surface area (Å²) < 4.78 is 1.56. The molecule has 1 atom stereocenters. The van der Waals surface area contributed by atoms with E-state index in [1.807, 2.05) is 18.2 Å². The molecule has 39 heavy (non-hydrogen) atoms. The second kappa shape index (κ2) is 10.8. The number of fused-ring (bicyclic) bond motifs is 1. The first-order chi connectivity index (χ1) is 18.5. The normalized spacial score (nSPS) is 13.1. The van der Waals surface area contributed by atoms with Gasteiger partial charge in [-0.1, -0.05) is 48.5 Å². The maximum absolute atomic E-state index is 12.8. The minimum atomic E-state index is -1.73. The molecule has 3 N–H and O–H groups in total. The smallest absolute Gasteiger partial charge is 0.253 e. The fourth-order valence-electron chi connectivity index (χ4n) is 4.75. The Hall–Kier alpha value is -4.33. The van der Waals surface area contributed by atoms with E-state index in [0.29, 0.717) is 38.5 Å². The van der Waals surface area contributed by atoms with Gasteiger partial charge in [-0.25, -0.2) is 0 Å². The van der Waals surface area contributed by atoms with Crippen molar-refractivity contribution >= 4 is 28.4 Å². The third-order valence-electron chi connectivity index (χ3n) is 6.94. The van der Waals surface area contributed by atoms with Crippen LogP contribution in [0.1, 0.15) is 21.5 Å². The van der Waals surface area contributed by atoms with Crippen LogP contribution in [0, 0.1) is 0 Å². The Bertz CT molecular complexity index is 1660. The van der Waals surface area contributed by atoms with Crippen molar-refractivity contribution in [2.24, 2.45) is 12.8 Å². The number of aliphatic hydroxyl groups is 1. The monoisotopic (exact) mass is 542 g/mol. The Morgan fingerprint density at radius 2 is 1.69 bits per heavy atom. The van der Waals surface area contributed by atoms with Crippen LogP contribution in [-0.4, -0.2) is 46.5 Å². The molecule has 7 nitrogen and oxygen atoms in total. The minimum absolute atomic E-state index is 0.152. The lowest BCUT2D eigenvalue weighted by atomic mass is 9.81. The van der Waals surface area contributed by atoms with Gasteiger partial charge in [-0.3, -0.25) is 9.59 Å². The zero-order valence-electron chi connectivity index (χ0n) is 22.4. The molecule has 0 fully saturated rings. The molecule has 0 bridgehead atoms. The molecular weight excluding hydrogens is 512 g/mol. The summed E-state index contributed by atoms with van der Waals surface area (Å²) in [6, 6.07) is 21.0. The highest BCUT2D eigenvalue weighted by atomic mass is 35.5. The van der Waals surface area contributed by atoms with E-state index in [1.165, 1.54) is 11.1 Å². The SMILES string of the molecule is C=CN(C)/C(=C\N)C(O)(c1ccc(C(=O)N(C)C)cc1)c1ccc2c(c1)c(-c1cccc(Cl)c1)cc(=O)n2C. The molecule has 4 rings (SSSR count). The lowest BCUT2D eigenvalue weighted by Gasteiger charge is -2.36. The van der Waals surface area contributed by atoms with Gasteiger partial charge in [0.25, 0.3) is 11.5 Å². The van der Waals surface area contributed by atoms with Gasteiger partial charge in [0.2, 0.25) is 0 Å². The van der Waals surface area contributed by atoms with E-state index in [0.717, 1.165) is 10.9 Å². The number of hydrogen-bond acceptors (Lipinski definition) is 5. The first-order valence-electron chi connectivity index (χ1n) is 12.3. The first kappa shape index (κ1) is 27.7. The summed E-state index contributed by atoms with van der Waals surface area (Å²) in [4.78, 5) is 28.5. The Morgan fingerprint density at radius 1 is 1.03 bits per heavy atom. The molecule has 8 heteroatoms. The molecule has 3 aromatic carbocycles. The molecule has 1 aromatic heterocycles. The summed E-state index contributed by atoms with van der Waals surface area (Å²) in [5, 5.41) is 13.8. The topological polar surface area (TPSA) is 91.8 Å². The summed E-state index contributed by atoms with van der Waals surface area (Å²) >= 11 is 6.28. The molecule has 1 heterocycles. The zero-order valence-corrected chi connectivity index (χ0v) is 23.1. The number of likely N-dealkylation sites (N-methyl/N-ethyl adjacent to an activating group) is 1. The molecule has 0 aliphatic heterocycles. The van der Waals surface area contributed by atoms with Gasteiger partial charge in [0.1, 0.15) is 0 Å². The predicted octanol–water partition coefficient (Wildman–Crippen LogP) is 4.67. The second-order valence-electron chi connectivity index (χ2n) is 9.53. The Labute approximate surface area is 232 Å². The summed E-state index contributed by atoms with van der Waals surface area (Å²) in [6.45, 7) is 3.84. The Kier molecular flexibility index (Phi) is 7.67. The molecule has 0 radical (unpaired) electrons. The van der Waals surface area contributed by atoms with E-state index in [-0.39, 0.29) is 11.5 Å². The van der Waals surface area contributed by atoms with E-state index in [1.54, 1.807) is 98.5 Å². The van der Waals surface area contributed by atoms with Crippen LogP contribution < -0.4 is 11.3 Å². The lowest BCUT2D eigenvalue weighted by Crippen LogP contribution is -2.37. The van der Waals surface area contributed by atoms with Crippen LogP contribution in [0.4, 0.5) is 0 Å². The highest BCUT2D eigenvalue weighted by molar-refractivity contribution is 6.30.